The van der Waals surface area contributed by atoms with E-state index in [1.807, 2.05) is 14.1 Å². The Hall–Kier alpha value is -1.86. The highest BCUT2D eigenvalue weighted by Crippen LogP contribution is 2.21. The number of carbonyl (C=O) groups is 1. The fraction of sp³-hybridized carbons (Fsp3) is 0.462. The van der Waals surface area contributed by atoms with Gasteiger partial charge in [0.25, 0.3) is 5.91 Å². The lowest BCUT2D eigenvalue weighted by Gasteiger charge is -2.15. The highest BCUT2D eigenvalue weighted by Gasteiger charge is 2.21. The topological polar surface area (TPSA) is 76.2 Å². The first kappa shape index (κ1) is 17.2. The molecule has 21 heavy (non-hydrogen) atoms. The largest absolute Gasteiger partial charge is 0.440 e. The molecule has 2 aromatic rings. The van der Waals surface area contributed by atoms with E-state index in [0.717, 1.165) is 12.1 Å². The summed E-state index contributed by atoms with van der Waals surface area (Å²) in [6, 6.07) is 0. The van der Waals surface area contributed by atoms with Crippen molar-refractivity contribution in [3.05, 3.63) is 23.8 Å². The van der Waals surface area contributed by atoms with Crippen LogP contribution in [0.15, 0.2) is 16.8 Å². The molecule has 1 N–H and O–H groups in total. The highest BCUT2D eigenvalue weighted by molar-refractivity contribution is 5.93. The Balaban J connectivity index is 0.00000220. The number of aromatic nitrogens is 3. The number of amides is 1. The molecule has 0 aromatic carbocycles. The van der Waals surface area contributed by atoms with Crippen LogP contribution in [-0.4, -0.2) is 52.8 Å². The van der Waals surface area contributed by atoms with Gasteiger partial charge in [-0.25, -0.2) is 4.98 Å². The average molecular weight is 314 g/mol. The zero-order valence-corrected chi connectivity index (χ0v) is 13.4. The van der Waals surface area contributed by atoms with E-state index in [1.165, 1.54) is 0 Å². The third-order valence-electron chi connectivity index (χ3n) is 2.99. The summed E-state index contributed by atoms with van der Waals surface area (Å²) in [6.45, 7) is 3.09. The van der Waals surface area contributed by atoms with Crippen LogP contribution in [0.3, 0.4) is 0 Å². The molecular formula is C13H20ClN5O2. The summed E-state index contributed by atoms with van der Waals surface area (Å²) in [6.07, 6.45) is 3.45. The molecular weight excluding hydrogens is 294 g/mol. The molecule has 0 bridgehead atoms. The van der Waals surface area contributed by atoms with Crippen molar-refractivity contribution in [2.24, 2.45) is 7.05 Å². The second-order valence-corrected chi connectivity index (χ2v) is 4.66. The van der Waals surface area contributed by atoms with Crippen molar-refractivity contribution in [1.82, 2.24) is 25.0 Å². The Kier molecular flexibility index (Phi) is 5.92. The molecule has 0 saturated carbocycles. The Bertz CT molecular complexity index is 607. The first-order valence-corrected chi connectivity index (χ1v) is 6.39. The maximum atomic E-state index is 12.3. The summed E-state index contributed by atoms with van der Waals surface area (Å²) in [7, 11) is 5.41. The fourth-order valence-corrected chi connectivity index (χ4v) is 1.81. The number of hydrogen-bond acceptors (Lipinski definition) is 5. The Morgan fingerprint density at radius 3 is 2.81 bits per heavy atom. The molecule has 0 unspecified atom stereocenters. The number of nitrogens with zero attached hydrogens (tertiary/aromatic N) is 4. The maximum absolute atomic E-state index is 12.3. The van der Waals surface area contributed by atoms with E-state index in [1.54, 1.807) is 35.9 Å². The number of rotatable bonds is 5. The summed E-state index contributed by atoms with van der Waals surface area (Å²) in [5.74, 6) is 0.794. The molecule has 8 heteroatoms. The highest BCUT2D eigenvalue weighted by atomic mass is 35.5. The average Bonchev–Trinajstić information content (AvgIpc) is 3.01. The Labute approximate surface area is 129 Å². The molecule has 2 aromatic heterocycles. The molecule has 0 aliphatic rings. The molecule has 0 aliphatic carbocycles. The molecule has 0 saturated heterocycles. The Morgan fingerprint density at radius 1 is 1.52 bits per heavy atom. The van der Waals surface area contributed by atoms with Gasteiger partial charge in [-0.3, -0.25) is 9.48 Å². The van der Waals surface area contributed by atoms with E-state index in [9.17, 15) is 4.79 Å². The predicted octanol–water partition coefficient (Wildman–Crippen LogP) is 1.10. The van der Waals surface area contributed by atoms with Crippen LogP contribution < -0.4 is 5.32 Å². The lowest BCUT2D eigenvalue weighted by molar-refractivity contribution is 0.0790. The second-order valence-electron chi connectivity index (χ2n) is 4.66. The van der Waals surface area contributed by atoms with E-state index in [-0.39, 0.29) is 18.3 Å². The van der Waals surface area contributed by atoms with Crippen molar-refractivity contribution in [2.45, 2.75) is 6.92 Å². The quantitative estimate of drug-likeness (QED) is 0.894. The number of hydrogen-bond donors (Lipinski definition) is 1. The molecule has 0 fully saturated rings. The molecule has 116 valence electrons. The summed E-state index contributed by atoms with van der Waals surface area (Å²) in [4.78, 5) is 18.2. The van der Waals surface area contributed by atoms with Crippen molar-refractivity contribution in [1.29, 1.82) is 0 Å². The third-order valence-corrected chi connectivity index (χ3v) is 2.99. The monoisotopic (exact) mass is 313 g/mol. The van der Waals surface area contributed by atoms with E-state index in [4.69, 9.17) is 4.42 Å². The first-order valence-electron chi connectivity index (χ1n) is 6.39. The second kappa shape index (κ2) is 7.24. The zero-order chi connectivity index (χ0) is 14.7. The van der Waals surface area contributed by atoms with E-state index in [0.29, 0.717) is 23.9 Å². The van der Waals surface area contributed by atoms with Crippen molar-refractivity contribution in [3.63, 3.8) is 0 Å². The molecule has 0 spiro atoms. The molecule has 7 nitrogen and oxygen atoms in total. The standard InChI is InChI=1S/C13H19N5O2.ClH/c1-9-11(13(19)17(3)6-5-14-2)16-12(20-9)10-7-15-18(4)8-10;/h7-8,14H,5-6H2,1-4H3;1H. The van der Waals surface area contributed by atoms with Crippen LogP contribution in [0.2, 0.25) is 0 Å². The van der Waals surface area contributed by atoms with Crippen LogP contribution in [0.5, 0.6) is 0 Å². The van der Waals surface area contributed by atoms with Crippen LogP contribution in [0.1, 0.15) is 16.2 Å². The smallest absolute Gasteiger partial charge is 0.275 e. The van der Waals surface area contributed by atoms with Gasteiger partial charge in [-0.15, -0.1) is 12.4 Å². The summed E-state index contributed by atoms with van der Waals surface area (Å²) in [5.41, 5.74) is 1.11. The number of carbonyl (C=O) groups excluding carboxylic acids is 1. The van der Waals surface area contributed by atoms with Crippen molar-refractivity contribution < 1.29 is 9.21 Å². The van der Waals surface area contributed by atoms with Gasteiger partial charge in [-0.05, 0) is 14.0 Å². The molecule has 2 heterocycles. The lowest BCUT2D eigenvalue weighted by atomic mass is 10.3. The lowest BCUT2D eigenvalue weighted by Crippen LogP contribution is -2.33. The van der Waals surface area contributed by atoms with Gasteiger partial charge in [0.1, 0.15) is 5.76 Å². The van der Waals surface area contributed by atoms with Crippen LogP contribution in [0.4, 0.5) is 0 Å². The molecule has 0 radical (unpaired) electrons. The minimum absolute atomic E-state index is 0. The van der Waals surface area contributed by atoms with E-state index in [2.05, 4.69) is 15.4 Å². The summed E-state index contributed by atoms with van der Waals surface area (Å²) >= 11 is 0. The van der Waals surface area contributed by atoms with Crippen LogP contribution >= 0.6 is 12.4 Å². The van der Waals surface area contributed by atoms with E-state index < -0.39 is 0 Å². The molecule has 0 atom stereocenters. The van der Waals surface area contributed by atoms with Gasteiger partial charge in [-0.1, -0.05) is 0 Å². The molecule has 1 amide bonds. The number of aryl methyl sites for hydroxylation is 2. The fourth-order valence-electron chi connectivity index (χ4n) is 1.81. The molecule has 2 rings (SSSR count). The number of oxazole rings is 1. The third kappa shape index (κ3) is 3.83. The van der Waals surface area contributed by atoms with Gasteiger partial charge in [-0.2, -0.15) is 5.10 Å². The summed E-state index contributed by atoms with van der Waals surface area (Å²) < 4.78 is 7.22. The minimum Gasteiger partial charge on any atom is -0.440 e. The minimum atomic E-state index is -0.142. The number of likely N-dealkylation sites (N-methyl/N-ethyl adjacent to an activating group) is 2. The van der Waals surface area contributed by atoms with E-state index >= 15 is 0 Å². The van der Waals surface area contributed by atoms with Crippen LogP contribution in [-0.2, 0) is 7.05 Å². The number of halogens is 1. The zero-order valence-electron chi connectivity index (χ0n) is 12.6. The van der Waals surface area contributed by atoms with Crippen LogP contribution in [0, 0.1) is 6.92 Å². The van der Waals surface area contributed by atoms with Gasteiger partial charge in [0, 0.05) is 33.4 Å². The SMILES string of the molecule is CNCCN(C)C(=O)c1nc(-c2cnn(C)c2)oc1C.Cl. The number of nitrogens with one attached hydrogen (secondary N) is 1. The normalized spacial score (nSPS) is 10.3. The van der Waals surface area contributed by atoms with Gasteiger partial charge in [0.15, 0.2) is 5.69 Å². The Morgan fingerprint density at radius 2 is 2.24 bits per heavy atom. The summed E-state index contributed by atoms with van der Waals surface area (Å²) in [5, 5.41) is 7.07. The van der Waals surface area contributed by atoms with Crippen molar-refractivity contribution in [2.75, 3.05) is 27.2 Å². The van der Waals surface area contributed by atoms with Crippen molar-refractivity contribution >= 4 is 18.3 Å². The molecule has 0 aliphatic heterocycles. The van der Waals surface area contributed by atoms with Gasteiger partial charge >= 0.3 is 0 Å². The first-order chi connectivity index (χ1) is 9.52. The van der Waals surface area contributed by atoms with Crippen LogP contribution in [0.25, 0.3) is 11.5 Å². The van der Waals surface area contributed by atoms with Gasteiger partial charge in [0.2, 0.25) is 5.89 Å². The maximum Gasteiger partial charge on any atom is 0.275 e. The van der Waals surface area contributed by atoms with Crippen molar-refractivity contribution in [3.8, 4) is 11.5 Å². The van der Waals surface area contributed by atoms with Gasteiger partial charge < -0.3 is 14.6 Å². The predicted molar refractivity (Wildman–Crippen MR) is 81.6 cm³/mol. The van der Waals surface area contributed by atoms with Gasteiger partial charge in [0.05, 0.1) is 11.8 Å².